The molecule has 2 amide bonds. The summed E-state index contributed by atoms with van der Waals surface area (Å²) in [6, 6.07) is 4.42. The van der Waals surface area contributed by atoms with Gasteiger partial charge in [-0.25, -0.2) is 9.59 Å². The summed E-state index contributed by atoms with van der Waals surface area (Å²) in [5.74, 6) is 0.708. The van der Waals surface area contributed by atoms with E-state index in [4.69, 9.17) is 14.2 Å². The number of hydrogen-bond donors (Lipinski definition) is 2. The minimum absolute atomic E-state index is 0.358. The number of allylic oxidation sites excluding steroid dienone is 1. The fraction of sp³-hybridized carbons (Fsp3) is 0.500. The van der Waals surface area contributed by atoms with Gasteiger partial charge in [-0.1, -0.05) is 32.8 Å². The van der Waals surface area contributed by atoms with E-state index < -0.39 is 12.0 Å². The van der Waals surface area contributed by atoms with Gasteiger partial charge in [-0.05, 0) is 30.5 Å². The summed E-state index contributed by atoms with van der Waals surface area (Å²) in [4.78, 5) is 24.4. The highest BCUT2D eigenvalue weighted by atomic mass is 16.5. The van der Waals surface area contributed by atoms with Crippen LogP contribution in [0, 0.1) is 0 Å². The number of rotatable bonds is 9. The molecule has 0 saturated carbocycles. The molecule has 1 atom stereocenters. The second kappa shape index (κ2) is 9.85. The van der Waals surface area contributed by atoms with E-state index in [2.05, 4.69) is 17.6 Å². The quantitative estimate of drug-likeness (QED) is 0.509. The maximum atomic E-state index is 12.3. The lowest BCUT2D eigenvalue weighted by Gasteiger charge is -2.29. The number of nitrogens with one attached hydrogen (secondary N) is 2. The van der Waals surface area contributed by atoms with E-state index in [1.807, 2.05) is 13.0 Å². The molecule has 2 N–H and O–H groups in total. The minimum Gasteiger partial charge on any atom is -0.493 e. The van der Waals surface area contributed by atoms with Crippen molar-refractivity contribution in [2.24, 2.45) is 0 Å². The number of methoxy groups -OCH3 is 2. The molecule has 2 rings (SSSR count). The zero-order valence-corrected chi connectivity index (χ0v) is 16.4. The molecule has 1 aromatic rings. The first-order valence-electron chi connectivity index (χ1n) is 9.25. The van der Waals surface area contributed by atoms with Crippen LogP contribution in [0.25, 0.3) is 0 Å². The van der Waals surface area contributed by atoms with Crippen molar-refractivity contribution in [3.63, 3.8) is 0 Å². The maximum absolute atomic E-state index is 12.3. The Balaban J connectivity index is 2.34. The first kappa shape index (κ1) is 20.6. The standard InChI is InChI=1S/C20H28N2O5/c1-5-7-8-11-27-15-10-9-13(12-16(15)25-3)18-17(19(23)26-4)14(6-2)21-20(24)22-18/h9-10,12,18H,5-8,11H2,1-4H3,(H2,21,22,24). The van der Waals surface area contributed by atoms with Gasteiger partial charge in [0.15, 0.2) is 11.5 Å². The zero-order valence-electron chi connectivity index (χ0n) is 16.4. The van der Waals surface area contributed by atoms with Crippen LogP contribution in [0.4, 0.5) is 4.79 Å². The van der Waals surface area contributed by atoms with Crippen LogP contribution in [0.5, 0.6) is 11.5 Å². The van der Waals surface area contributed by atoms with Crippen molar-refractivity contribution in [3.8, 4) is 11.5 Å². The van der Waals surface area contributed by atoms with Crippen LogP contribution >= 0.6 is 0 Å². The van der Waals surface area contributed by atoms with Gasteiger partial charge < -0.3 is 24.8 Å². The summed E-state index contributed by atoms with van der Waals surface area (Å²) in [6.07, 6.45) is 3.71. The van der Waals surface area contributed by atoms with Crippen molar-refractivity contribution in [2.75, 3.05) is 20.8 Å². The number of esters is 1. The van der Waals surface area contributed by atoms with Crippen LogP contribution in [0.2, 0.25) is 0 Å². The topological polar surface area (TPSA) is 85.9 Å². The number of carbonyl (C=O) groups excluding carboxylic acids is 2. The van der Waals surface area contributed by atoms with E-state index in [9.17, 15) is 9.59 Å². The molecule has 0 spiro atoms. The minimum atomic E-state index is -0.621. The van der Waals surface area contributed by atoms with Gasteiger partial charge >= 0.3 is 12.0 Å². The molecule has 1 aromatic carbocycles. The van der Waals surface area contributed by atoms with E-state index in [-0.39, 0.29) is 6.03 Å². The summed E-state index contributed by atoms with van der Waals surface area (Å²) in [5.41, 5.74) is 1.65. The largest absolute Gasteiger partial charge is 0.493 e. The van der Waals surface area contributed by atoms with E-state index in [1.54, 1.807) is 19.2 Å². The fourth-order valence-electron chi connectivity index (χ4n) is 3.01. The lowest BCUT2D eigenvalue weighted by molar-refractivity contribution is -0.136. The van der Waals surface area contributed by atoms with Crippen molar-refractivity contribution < 1.29 is 23.8 Å². The summed E-state index contributed by atoms with van der Waals surface area (Å²) < 4.78 is 16.2. The van der Waals surface area contributed by atoms with E-state index >= 15 is 0 Å². The Hall–Kier alpha value is -2.70. The number of carbonyl (C=O) groups is 2. The summed E-state index contributed by atoms with van der Waals surface area (Å²) in [7, 11) is 2.89. The normalized spacial score (nSPS) is 16.4. The lowest BCUT2D eigenvalue weighted by Crippen LogP contribution is -2.45. The summed E-state index contributed by atoms with van der Waals surface area (Å²) >= 11 is 0. The van der Waals surface area contributed by atoms with Gasteiger partial charge in [0.1, 0.15) is 0 Å². The van der Waals surface area contributed by atoms with Gasteiger partial charge in [-0.15, -0.1) is 0 Å². The van der Waals surface area contributed by atoms with E-state index in [0.29, 0.717) is 41.4 Å². The zero-order chi connectivity index (χ0) is 19.8. The second-order valence-electron chi connectivity index (χ2n) is 6.23. The van der Waals surface area contributed by atoms with Crippen molar-refractivity contribution in [3.05, 3.63) is 35.0 Å². The van der Waals surface area contributed by atoms with Crippen LogP contribution in [0.15, 0.2) is 29.5 Å². The monoisotopic (exact) mass is 376 g/mol. The number of unbranched alkanes of at least 4 members (excludes halogenated alkanes) is 2. The molecule has 148 valence electrons. The molecule has 1 heterocycles. The van der Waals surface area contributed by atoms with E-state index in [0.717, 1.165) is 19.3 Å². The number of hydrogen-bond acceptors (Lipinski definition) is 5. The highest BCUT2D eigenvalue weighted by Crippen LogP contribution is 2.35. The van der Waals surface area contributed by atoms with Crippen LogP contribution in [0.3, 0.4) is 0 Å². The Bertz CT molecular complexity index is 714. The van der Waals surface area contributed by atoms with Crippen LogP contribution < -0.4 is 20.1 Å². The van der Waals surface area contributed by atoms with Gasteiger partial charge in [0.05, 0.1) is 32.4 Å². The smallest absolute Gasteiger partial charge is 0.337 e. The Morgan fingerprint density at radius 1 is 1.15 bits per heavy atom. The SMILES string of the molecule is CCCCCOc1ccc(C2NC(=O)NC(CC)=C2C(=O)OC)cc1OC. The second-order valence-corrected chi connectivity index (χ2v) is 6.23. The molecule has 0 fully saturated rings. The third kappa shape index (κ3) is 4.93. The average molecular weight is 376 g/mol. The highest BCUT2D eigenvalue weighted by molar-refractivity contribution is 5.95. The lowest BCUT2D eigenvalue weighted by atomic mass is 9.94. The van der Waals surface area contributed by atoms with Gasteiger partial charge in [0.25, 0.3) is 0 Å². The molecule has 0 saturated heterocycles. The molecular formula is C20H28N2O5. The van der Waals surface area contributed by atoms with Crippen molar-refractivity contribution in [1.82, 2.24) is 10.6 Å². The van der Waals surface area contributed by atoms with Gasteiger partial charge in [0.2, 0.25) is 0 Å². The molecule has 0 aliphatic carbocycles. The number of ether oxygens (including phenoxy) is 3. The molecule has 0 radical (unpaired) electrons. The van der Waals surface area contributed by atoms with Crippen LogP contribution in [0.1, 0.15) is 51.1 Å². The van der Waals surface area contributed by atoms with Crippen LogP contribution in [-0.4, -0.2) is 32.8 Å². The Morgan fingerprint density at radius 3 is 2.56 bits per heavy atom. The third-order valence-electron chi connectivity index (χ3n) is 4.44. The third-order valence-corrected chi connectivity index (χ3v) is 4.44. The van der Waals surface area contributed by atoms with Gasteiger partial charge in [-0.3, -0.25) is 0 Å². The summed E-state index contributed by atoms with van der Waals surface area (Å²) in [6.45, 7) is 4.62. The van der Waals surface area contributed by atoms with Crippen molar-refractivity contribution in [1.29, 1.82) is 0 Å². The molecule has 7 nitrogen and oxygen atoms in total. The highest BCUT2D eigenvalue weighted by Gasteiger charge is 2.33. The molecule has 0 bridgehead atoms. The number of urea groups is 1. The first-order chi connectivity index (χ1) is 13.0. The Morgan fingerprint density at radius 2 is 1.93 bits per heavy atom. The number of amides is 2. The molecule has 1 aliphatic rings. The predicted octanol–water partition coefficient (Wildman–Crippen LogP) is 3.46. The molecule has 1 unspecified atom stereocenters. The Labute approximate surface area is 160 Å². The van der Waals surface area contributed by atoms with E-state index in [1.165, 1.54) is 7.11 Å². The molecular weight excluding hydrogens is 348 g/mol. The van der Waals surface area contributed by atoms with Crippen molar-refractivity contribution in [2.45, 2.75) is 45.6 Å². The summed E-state index contributed by atoms with van der Waals surface area (Å²) in [5, 5.41) is 5.47. The molecule has 1 aliphatic heterocycles. The maximum Gasteiger partial charge on any atom is 0.337 e. The number of benzene rings is 1. The van der Waals surface area contributed by atoms with Gasteiger partial charge in [-0.2, -0.15) is 0 Å². The average Bonchev–Trinajstić information content (AvgIpc) is 2.69. The van der Waals surface area contributed by atoms with Crippen molar-refractivity contribution >= 4 is 12.0 Å². The van der Waals surface area contributed by atoms with Gasteiger partial charge in [0, 0.05) is 5.70 Å². The Kier molecular flexibility index (Phi) is 7.52. The first-order valence-corrected chi connectivity index (χ1v) is 9.25. The molecule has 27 heavy (non-hydrogen) atoms. The molecule has 7 heteroatoms. The fourth-order valence-corrected chi connectivity index (χ4v) is 3.01. The van der Waals surface area contributed by atoms with Crippen LogP contribution in [-0.2, 0) is 9.53 Å². The predicted molar refractivity (Wildman–Crippen MR) is 102 cm³/mol. The molecule has 0 aromatic heterocycles.